The number of ether oxygens (including phenoxy) is 2. The predicted molar refractivity (Wildman–Crippen MR) is 116 cm³/mol. The molecule has 154 valence electrons. The molecule has 7 nitrogen and oxygen atoms in total. The number of rotatable bonds is 7. The highest BCUT2D eigenvalue weighted by Gasteiger charge is 2.31. The molecule has 4 heterocycles. The van der Waals surface area contributed by atoms with Gasteiger partial charge in [0.2, 0.25) is 0 Å². The summed E-state index contributed by atoms with van der Waals surface area (Å²) < 4.78 is 12.1. The second-order valence-electron chi connectivity index (χ2n) is 7.57. The van der Waals surface area contributed by atoms with Crippen LogP contribution in [-0.2, 0) is 22.3 Å². The lowest BCUT2D eigenvalue weighted by molar-refractivity contribution is -0.328. The number of thiophene rings is 1. The van der Waals surface area contributed by atoms with Crippen LogP contribution in [0.4, 0.5) is 11.6 Å². The summed E-state index contributed by atoms with van der Waals surface area (Å²) >= 11 is 1.77. The van der Waals surface area contributed by atoms with E-state index in [9.17, 15) is 0 Å². The van der Waals surface area contributed by atoms with Gasteiger partial charge >= 0.3 is 0 Å². The normalized spacial score (nSPS) is 16.7. The molecule has 1 aliphatic carbocycles. The first kappa shape index (κ1) is 19.0. The zero-order valence-corrected chi connectivity index (χ0v) is 17.7. The van der Waals surface area contributed by atoms with Crippen molar-refractivity contribution in [1.82, 2.24) is 9.97 Å². The second-order valence-corrected chi connectivity index (χ2v) is 8.59. The number of nitrogens with zero attached hydrogens (tertiary/aromatic N) is 3. The van der Waals surface area contributed by atoms with E-state index >= 15 is 0 Å². The summed E-state index contributed by atoms with van der Waals surface area (Å²) in [5, 5.41) is 4.79. The maximum absolute atomic E-state index is 5.57. The van der Waals surface area contributed by atoms with Gasteiger partial charge in [-0.1, -0.05) is 11.3 Å². The topological polar surface area (TPSA) is 73.7 Å². The lowest BCUT2D eigenvalue weighted by atomic mass is 10.1. The molecule has 0 unspecified atom stereocenters. The Morgan fingerprint density at radius 1 is 1.24 bits per heavy atom. The molecule has 29 heavy (non-hydrogen) atoms. The van der Waals surface area contributed by atoms with Crippen molar-refractivity contribution < 1.29 is 14.5 Å². The third kappa shape index (κ3) is 3.53. The smallest absolute Gasteiger partial charge is 0.279 e. The number of fused-ring (bicyclic) bond motifs is 5. The average Bonchev–Trinajstić information content (AvgIpc) is 3.38. The van der Waals surface area contributed by atoms with Crippen molar-refractivity contribution >= 4 is 43.4 Å². The number of nitrogens with one attached hydrogen (secondary N) is 2. The van der Waals surface area contributed by atoms with Crippen LogP contribution in [0.2, 0.25) is 0 Å². The number of hydrogen-bond donors (Lipinski definition) is 1. The second kappa shape index (κ2) is 8.38. The van der Waals surface area contributed by atoms with Crippen molar-refractivity contribution in [3.8, 4) is 0 Å². The maximum atomic E-state index is 5.57. The van der Waals surface area contributed by atoms with Crippen LogP contribution in [0.15, 0.2) is 6.33 Å². The van der Waals surface area contributed by atoms with E-state index in [4.69, 9.17) is 9.47 Å². The first-order chi connectivity index (χ1) is 14.4. The summed E-state index contributed by atoms with van der Waals surface area (Å²) in [6.45, 7) is 7.91. The van der Waals surface area contributed by atoms with Gasteiger partial charge in [0, 0.05) is 25.3 Å². The number of morpholine rings is 1. The van der Waals surface area contributed by atoms with Crippen molar-refractivity contribution in [2.24, 2.45) is 0 Å². The van der Waals surface area contributed by atoms with Crippen LogP contribution in [-0.4, -0.2) is 56.0 Å². The number of pyridine rings is 1. The number of aromatic nitrogens is 3. The molecule has 3 aromatic rings. The molecule has 1 saturated heterocycles. The fourth-order valence-corrected chi connectivity index (χ4v) is 5.60. The number of aromatic amines is 1. The number of H-pyrrole nitrogens is 1. The molecule has 5 rings (SSSR count). The van der Waals surface area contributed by atoms with Gasteiger partial charge in [0.1, 0.15) is 29.9 Å². The first-order valence-corrected chi connectivity index (χ1v) is 11.5. The van der Waals surface area contributed by atoms with Crippen molar-refractivity contribution in [2.75, 3.05) is 56.3 Å². The molecule has 0 atom stereocenters. The van der Waals surface area contributed by atoms with Gasteiger partial charge in [-0.15, -0.1) is 0 Å². The summed E-state index contributed by atoms with van der Waals surface area (Å²) in [4.78, 5) is 16.7. The van der Waals surface area contributed by atoms with Gasteiger partial charge in [-0.3, -0.25) is 4.90 Å². The number of anilines is 2. The molecule has 2 aliphatic rings. The third-order valence-corrected chi connectivity index (χ3v) is 6.90. The molecule has 0 saturated carbocycles. The molecular weight excluding hydrogens is 386 g/mol. The lowest BCUT2D eigenvalue weighted by Crippen LogP contribution is -2.40. The van der Waals surface area contributed by atoms with E-state index in [1.807, 2.05) is 6.92 Å². The fourth-order valence-electron chi connectivity index (χ4n) is 4.45. The largest absolute Gasteiger partial charge is 0.382 e. The van der Waals surface area contributed by atoms with E-state index in [1.165, 1.54) is 33.6 Å². The fraction of sp³-hybridized carbons (Fsp3) is 0.571. The van der Waals surface area contributed by atoms with Gasteiger partial charge in [0.25, 0.3) is 5.82 Å². The van der Waals surface area contributed by atoms with Crippen LogP contribution in [0.1, 0.15) is 30.9 Å². The van der Waals surface area contributed by atoms with E-state index in [0.29, 0.717) is 0 Å². The summed E-state index contributed by atoms with van der Waals surface area (Å²) in [7, 11) is 0. The molecule has 2 N–H and O–H groups in total. The van der Waals surface area contributed by atoms with Crippen LogP contribution in [0.3, 0.4) is 0 Å². The van der Waals surface area contributed by atoms with E-state index < -0.39 is 0 Å². The minimum atomic E-state index is 0.764. The molecule has 1 fully saturated rings. The summed E-state index contributed by atoms with van der Waals surface area (Å²) in [5.41, 5.74) is 4.03. The Morgan fingerprint density at radius 3 is 2.97 bits per heavy atom. The molecule has 0 aromatic carbocycles. The van der Waals surface area contributed by atoms with Gasteiger partial charge in [0.15, 0.2) is 4.83 Å². The summed E-state index contributed by atoms with van der Waals surface area (Å²) in [5.74, 6) is 2.22. The highest BCUT2D eigenvalue weighted by molar-refractivity contribution is 7.25. The molecule has 0 amide bonds. The number of aryl methyl sites for hydroxylation is 1. The molecule has 3 aromatic heterocycles. The Hall–Kier alpha value is -2.03. The summed E-state index contributed by atoms with van der Waals surface area (Å²) in [6.07, 6.45) is 6.14. The molecular formula is C21H28N5O2S+. The van der Waals surface area contributed by atoms with Gasteiger partial charge in [-0.25, -0.2) is 15.0 Å². The van der Waals surface area contributed by atoms with Gasteiger partial charge < -0.3 is 14.8 Å². The van der Waals surface area contributed by atoms with Crippen molar-refractivity contribution in [3.05, 3.63) is 17.5 Å². The van der Waals surface area contributed by atoms with Crippen molar-refractivity contribution in [2.45, 2.75) is 32.6 Å². The molecule has 0 radical (unpaired) electrons. The zero-order chi connectivity index (χ0) is 19.6. The van der Waals surface area contributed by atoms with E-state index in [2.05, 4.69) is 25.2 Å². The third-order valence-electron chi connectivity index (χ3n) is 5.80. The van der Waals surface area contributed by atoms with Crippen molar-refractivity contribution in [3.63, 3.8) is 0 Å². The molecule has 0 bridgehead atoms. The highest BCUT2D eigenvalue weighted by atomic mass is 32.1. The van der Waals surface area contributed by atoms with E-state index in [1.54, 1.807) is 17.7 Å². The molecule has 8 heteroatoms. The zero-order valence-electron chi connectivity index (χ0n) is 16.9. The minimum Gasteiger partial charge on any atom is -0.382 e. The Labute approximate surface area is 174 Å². The minimum absolute atomic E-state index is 0.764. The van der Waals surface area contributed by atoms with Gasteiger partial charge in [-0.05, 0) is 38.2 Å². The monoisotopic (exact) mass is 414 g/mol. The van der Waals surface area contributed by atoms with Crippen LogP contribution in [0.25, 0.3) is 20.4 Å². The first-order valence-electron chi connectivity index (χ1n) is 10.7. The van der Waals surface area contributed by atoms with Crippen LogP contribution in [0.5, 0.6) is 0 Å². The van der Waals surface area contributed by atoms with E-state index in [0.717, 1.165) is 81.4 Å². The van der Waals surface area contributed by atoms with Gasteiger partial charge in [-0.2, -0.15) is 0 Å². The van der Waals surface area contributed by atoms with Crippen LogP contribution >= 0.6 is 11.3 Å². The lowest BCUT2D eigenvalue weighted by Gasteiger charge is -2.23. The van der Waals surface area contributed by atoms with E-state index in [-0.39, 0.29) is 0 Å². The molecule has 1 aliphatic heterocycles. The Kier molecular flexibility index (Phi) is 5.48. The van der Waals surface area contributed by atoms with Gasteiger partial charge in [0.05, 0.1) is 24.1 Å². The Balaban J connectivity index is 1.54. The predicted octanol–water partition coefficient (Wildman–Crippen LogP) is 2.82. The summed E-state index contributed by atoms with van der Waals surface area (Å²) in [6, 6.07) is 0. The Bertz CT molecular complexity index is 1020. The quantitative estimate of drug-likeness (QED) is 0.600. The number of hydrogen-bond acceptors (Lipinski definition) is 7. The highest BCUT2D eigenvalue weighted by Crippen LogP contribution is 2.41. The molecule has 0 spiro atoms. The SMILES string of the molecule is CCOCCCNc1ncnc2c1sc1[nH+]c(N3CCOCC3)c3c(c12)CCC3. The average molecular weight is 415 g/mol. The Morgan fingerprint density at radius 2 is 2.10 bits per heavy atom. The van der Waals surface area contributed by atoms with Crippen molar-refractivity contribution in [1.29, 1.82) is 0 Å². The standard InChI is InChI=1S/C21H27N5O2S/c1-2-27-10-4-7-22-19-18-17(23-13-24-19)16-14-5-3-6-15(14)20(25-21(16)29-18)26-8-11-28-12-9-26/h13H,2-12H2,1H3,(H,22,23,24)/p+1. The maximum Gasteiger partial charge on any atom is 0.279 e. The van der Waals surface area contributed by atoms with Crippen LogP contribution in [0, 0.1) is 0 Å². The van der Waals surface area contributed by atoms with Crippen LogP contribution < -0.4 is 15.2 Å².